The number of likely N-dealkylation sites (tertiary alicyclic amines) is 1. The maximum absolute atomic E-state index is 13.1. The first-order chi connectivity index (χ1) is 13.2. The van der Waals surface area contributed by atoms with Crippen molar-refractivity contribution in [1.29, 1.82) is 0 Å². The van der Waals surface area contributed by atoms with E-state index in [0.717, 1.165) is 62.3 Å². The van der Waals surface area contributed by atoms with Gasteiger partial charge in [0.1, 0.15) is 0 Å². The lowest BCUT2D eigenvalue weighted by molar-refractivity contribution is -0.135. The van der Waals surface area contributed by atoms with Gasteiger partial charge in [-0.2, -0.15) is 0 Å². The molecule has 144 valence electrons. The molecule has 1 amide bonds. The van der Waals surface area contributed by atoms with Crippen LogP contribution in [0.4, 0.5) is 5.95 Å². The van der Waals surface area contributed by atoms with Gasteiger partial charge < -0.3 is 14.4 Å². The first-order valence-corrected chi connectivity index (χ1v) is 10.7. The normalized spacial score (nSPS) is 26.6. The van der Waals surface area contributed by atoms with Crippen molar-refractivity contribution in [1.82, 2.24) is 14.5 Å². The number of hydrogen-bond donors (Lipinski definition) is 0. The fourth-order valence-electron chi connectivity index (χ4n) is 5.59. The van der Waals surface area contributed by atoms with E-state index in [1.165, 1.54) is 31.2 Å². The number of nitrogens with zero attached hydrogens (tertiary/aromatic N) is 4. The van der Waals surface area contributed by atoms with Gasteiger partial charge in [0.2, 0.25) is 11.9 Å². The highest BCUT2D eigenvalue weighted by Crippen LogP contribution is 2.37. The van der Waals surface area contributed by atoms with Crippen molar-refractivity contribution in [2.24, 2.45) is 24.8 Å². The molecule has 0 radical (unpaired) electrons. The van der Waals surface area contributed by atoms with Crippen LogP contribution >= 0.6 is 0 Å². The van der Waals surface area contributed by atoms with Crippen molar-refractivity contribution in [2.45, 2.75) is 38.5 Å². The molecule has 3 aliphatic rings. The molecule has 2 saturated heterocycles. The van der Waals surface area contributed by atoms with E-state index in [0.29, 0.717) is 5.91 Å². The summed E-state index contributed by atoms with van der Waals surface area (Å²) in [6.07, 6.45) is 7.29. The molecule has 2 unspecified atom stereocenters. The number of hydrogen-bond acceptors (Lipinski definition) is 3. The zero-order valence-electron chi connectivity index (χ0n) is 16.3. The van der Waals surface area contributed by atoms with Crippen molar-refractivity contribution >= 4 is 22.9 Å². The van der Waals surface area contributed by atoms with Gasteiger partial charge in [0.15, 0.2) is 0 Å². The van der Waals surface area contributed by atoms with Crippen LogP contribution in [0.25, 0.3) is 11.0 Å². The van der Waals surface area contributed by atoms with E-state index in [1.807, 2.05) is 6.07 Å². The van der Waals surface area contributed by atoms with Crippen LogP contribution in [0, 0.1) is 17.8 Å². The van der Waals surface area contributed by atoms with Gasteiger partial charge in [0.25, 0.3) is 0 Å². The number of benzene rings is 1. The van der Waals surface area contributed by atoms with Gasteiger partial charge in [-0.3, -0.25) is 4.79 Å². The molecule has 3 heterocycles. The van der Waals surface area contributed by atoms with E-state index in [1.54, 1.807) is 0 Å². The summed E-state index contributed by atoms with van der Waals surface area (Å²) < 4.78 is 2.18. The van der Waals surface area contributed by atoms with Gasteiger partial charge in [-0.1, -0.05) is 25.0 Å². The number of anilines is 1. The lowest BCUT2D eigenvalue weighted by atomic mass is 9.82. The number of piperidine rings is 1. The Balaban J connectivity index is 1.23. The van der Waals surface area contributed by atoms with Gasteiger partial charge in [0, 0.05) is 39.1 Å². The Kier molecular flexibility index (Phi) is 4.33. The molecule has 27 heavy (non-hydrogen) atoms. The number of carbonyl (C=O) groups excluding carboxylic acids is 1. The minimum Gasteiger partial charge on any atom is -0.342 e. The second kappa shape index (κ2) is 6.84. The standard InChI is InChI=1S/C22H30N4O/c1-24-20-9-5-4-8-19(20)23-22(24)25-12-10-16(11-13-25)21(27)26-14-17-6-2-3-7-18(17)15-26/h4-5,8-9,16-18H,2-3,6-7,10-15H2,1H3. The molecule has 2 aromatic rings. The van der Waals surface area contributed by atoms with Crippen LogP contribution in [0.2, 0.25) is 0 Å². The average Bonchev–Trinajstić information content (AvgIpc) is 3.29. The molecule has 0 spiro atoms. The van der Waals surface area contributed by atoms with Crippen LogP contribution in [0.3, 0.4) is 0 Å². The Bertz CT molecular complexity index is 822. The molecule has 5 rings (SSSR count). The van der Waals surface area contributed by atoms with E-state index < -0.39 is 0 Å². The van der Waals surface area contributed by atoms with E-state index in [2.05, 4.69) is 39.6 Å². The number of fused-ring (bicyclic) bond motifs is 2. The number of rotatable bonds is 2. The smallest absolute Gasteiger partial charge is 0.225 e. The summed E-state index contributed by atoms with van der Waals surface area (Å²) in [5.74, 6) is 3.23. The summed E-state index contributed by atoms with van der Waals surface area (Å²) in [5.41, 5.74) is 2.22. The third-order valence-electron chi connectivity index (χ3n) is 7.18. The molecule has 5 nitrogen and oxygen atoms in total. The molecular formula is C22H30N4O. The summed E-state index contributed by atoms with van der Waals surface area (Å²) in [5, 5.41) is 0. The van der Waals surface area contributed by atoms with Crippen LogP contribution in [0.15, 0.2) is 24.3 Å². The third kappa shape index (κ3) is 3.01. The predicted octanol–water partition coefficient (Wildman–Crippen LogP) is 3.44. The summed E-state index contributed by atoms with van der Waals surface area (Å²) in [6, 6.07) is 8.29. The average molecular weight is 367 g/mol. The Morgan fingerprint density at radius 2 is 1.67 bits per heavy atom. The Morgan fingerprint density at radius 3 is 2.33 bits per heavy atom. The van der Waals surface area contributed by atoms with Crippen molar-refractivity contribution < 1.29 is 4.79 Å². The molecule has 2 aliphatic heterocycles. The zero-order chi connectivity index (χ0) is 18.4. The molecule has 5 heteroatoms. The second-order valence-electron chi connectivity index (χ2n) is 8.77. The summed E-state index contributed by atoms with van der Waals surface area (Å²) in [4.78, 5) is 22.5. The first kappa shape index (κ1) is 17.1. The quantitative estimate of drug-likeness (QED) is 0.818. The summed E-state index contributed by atoms with van der Waals surface area (Å²) in [7, 11) is 2.09. The van der Waals surface area contributed by atoms with Gasteiger partial charge in [0.05, 0.1) is 11.0 Å². The van der Waals surface area contributed by atoms with Crippen molar-refractivity contribution in [2.75, 3.05) is 31.1 Å². The highest BCUT2D eigenvalue weighted by Gasteiger charge is 2.39. The van der Waals surface area contributed by atoms with E-state index >= 15 is 0 Å². The van der Waals surface area contributed by atoms with Gasteiger partial charge in [-0.15, -0.1) is 0 Å². The monoisotopic (exact) mass is 366 g/mol. The molecule has 1 aliphatic carbocycles. The third-order valence-corrected chi connectivity index (χ3v) is 7.18. The molecule has 3 fully saturated rings. The molecule has 2 atom stereocenters. The number of carbonyl (C=O) groups is 1. The van der Waals surface area contributed by atoms with Crippen LogP contribution in [0.1, 0.15) is 38.5 Å². The van der Waals surface area contributed by atoms with Crippen LogP contribution < -0.4 is 4.90 Å². The van der Waals surface area contributed by atoms with Crippen molar-refractivity contribution in [3.05, 3.63) is 24.3 Å². The molecule has 0 N–H and O–H groups in total. The van der Waals surface area contributed by atoms with E-state index in [9.17, 15) is 4.79 Å². The van der Waals surface area contributed by atoms with Gasteiger partial charge >= 0.3 is 0 Å². The second-order valence-corrected chi connectivity index (χ2v) is 8.77. The largest absolute Gasteiger partial charge is 0.342 e. The molecular weight excluding hydrogens is 336 g/mol. The van der Waals surface area contributed by atoms with Crippen LogP contribution in [-0.2, 0) is 11.8 Å². The lowest BCUT2D eigenvalue weighted by Crippen LogP contribution is -2.42. The Labute approximate surface area is 161 Å². The predicted molar refractivity (Wildman–Crippen MR) is 108 cm³/mol. The van der Waals surface area contributed by atoms with E-state index in [4.69, 9.17) is 4.98 Å². The number of imidazole rings is 1. The molecule has 0 bridgehead atoms. The van der Waals surface area contributed by atoms with Crippen LogP contribution in [0.5, 0.6) is 0 Å². The fourth-order valence-corrected chi connectivity index (χ4v) is 5.59. The zero-order valence-corrected chi connectivity index (χ0v) is 16.3. The van der Waals surface area contributed by atoms with Gasteiger partial charge in [-0.25, -0.2) is 4.98 Å². The maximum atomic E-state index is 13.1. The highest BCUT2D eigenvalue weighted by molar-refractivity contribution is 5.80. The Hall–Kier alpha value is -2.04. The van der Waals surface area contributed by atoms with Gasteiger partial charge in [-0.05, 0) is 49.7 Å². The van der Waals surface area contributed by atoms with Crippen LogP contribution in [-0.4, -0.2) is 46.5 Å². The van der Waals surface area contributed by atoms with E-state index in [-0.39, 0.29) is 5.92 Å². The topological polar surface area (TPSA) is 41.4 Å². The number of aryl methyl sites for hydroxylation is 1. The Morgan fingerprint density at radius 1 is 1.00 bits per heavy atom. The molecule has 1 aromatic carbocycles. The minimum absolute atomic E-state index is 0.205. The SMILES string of the molecule is Cn1c(N2CCC(C(=O)N3CC4CCCCC4C3)CC2)nc2ccccc21. The lowest BCUT2D eigenvalue weighted by Gasteiger charge is -2.33. The number of amides is 1. The first-order valence-electron chi connectivity index (χ1n) is 10.7. The number of aromatic nitrogens is 2. The fraction of sp³-hybridized carbons (Fsp3) is 0.636. The van der Waals surface area contributed by atoms with Crippen molar-refractivity contribution in [3.63, 3.8) is 0 Å². The maximum Gasteiger partial charge on any atom is 0.225 e. The molecule has 1 saturated carbocycles. The minimum atomic E-state index is 0.205. The summed E-state index contributed by atoms with van der Waals surface area (Å²) >= 11 is 0. The molecule has 1 aromatic heterocycles. The summed E-state index contributed by atoms with van der Waals surface area (Å²) in [6.45, 7) is 3.89. The highest BCUT2D eigenvalue weighted by atomic mass is 16.2. The van der Waals surface area contributed by atoms with Crippen molar-refractivity contribution in [3.8, 4) is 0 Å². The number of para-hydroxylation sites is 2.